The maximum atomic E-state index is 10.7. The molecule has 19 heavy (non-hydrogen) atoms. The van der Waals surface area contributed by atoms with Crippen molar-refractivity contribution in [3.05, 3.63) is 11.9 Å². The van der Waals surface area contributed by atoms with E-state index in [0.717, 1.165) is 6.54 Å². The van der Waals surface area contributed by atoms with E-state index in [4.69, 9.17) is 5.11 Å². The van der Waals surface area contributed by atoms with Gasteiger partial charge in [0.05, 0.1) is 12.7 Å². The summed E-state index contributed by atoms with van der Waals surface area (Å²) in [5.41, 5.74) is 0.00262. The van der Waals surface area contributed by atoms with Crippen LogP contribution in [0.25, 0.3) is 0 Å². The van der Waals surface area contributed by atoms with Crippen LogP contribution in [-0.4, -0.2) is 38.7 Å². The Morgan fingerprint density at radius 1 is 1.47 bits per heavy atom. The van der Waals surface area contributed by atoms with E-state index in [1.54, 1.807) is 4.68 Å². The first-order chi connectivity index (χ1) is 9.16. The van der Waals surface area contributed by atoms with Gasteiger partial charge >= 0.3 is 5.97 Å². The number of aromatic nitrogens is 3. The quantitative estimate of drug-likeness (QED) is 0.790. The fourth-order valence-electron chi connectivity index (χ4n) is 2.67. The average Bonchev–Trinajstić information content (AvgIpc) is 2.76. The summed E-state index contributed by atoms with van der Waals surface area (Å²) in [5.74, 6) is -0.315. The van der Waals surface area contributed by atoms with Gasteiger partial charge in [-0.1, -0.05) is 31.4 Å². The molecule has 0 radical (unpaired) electrons. The van der Waals surface area contributed by atoms with Gasteiger partial charge in [-0.05, 0) is 18.8 Å². The van der Waals surface area contributed by atoms with Crippen molar-refractivity contribution in [2.45, 2.75) is 51.6 Å². The molecule has 6 heteroatoms. The third-order valence-electron chi connectivity index (χ3n) is 3.87. The number of rotatable bonds is 5. The highest BCUT2D eigenvalue weighted by molar-refractivity contribution is 5.84. The zero-order valence-corrected chi connectivity index (χ0v) is 11.4. The van der Waals surface area contributed by atoms with Gasteiger partial charge in [0.1, 0.15) is 0 Å². The van der Waals surface area contributed by atoms with E-state index in [0.29, 0.717) is 18.5 Å². The molecular formula is C13H22N4O2. The van der Waals surface area contributed by atoms with Gasteiger partial charge in [-0.3, -0.25) is 4.68 Å². The Labute approximate surface area is 113 Å². The number of aromatic carboxylic acids is 1. The number of hydrogen-bond donors (Lipinski definition) is 2. The molecule has 1 saturated carbocycles. The summed E-state index contributed by atoms with van der Waals surface area (Å²) < 4.78 is 1.58. The molecule has 0 bridgehead atoms. The SMILES string of the molecule is CC1CCCCCC1NCCn1cc(C(=O)O)nn1. The molecular weight excluding hydrogens is 244 g/mol. The van der Waals surface area contributed by atoms with Crippen molar-refractivity contribution in [2.24, 2.45) is 5.92 Å². The van der Waals surface area contributed by atoms with Gasteiger partial charge in [0.25, 0.3) is 0 Å². The molecule has 0 spiro atoms. The highest BCUT2D eigenvalue weighted by Gasteiger charge is 2.19. The minimum atomic E-state index is -1.03. The summed E-state index contributed by atoms with van der Waals surface area (Å²) in [6.07, 6.45) is 7.98. The van der Waals surface area contributed by atoms with E-state index in [2.05, 4.69) is 22.6 Å². The van der Waals surface area contributed by atoms with Gasteiger partial charge < -0.3 is 10.4 Å². The molecule has 2 unspecified atom stereocenters. The van der Waals surface area contributed by atoms with Crippen LogP contribution in [0.1, 0.15) is 49.5 Å². The highest BCUT2D eigenvalue weighted by atomic mass is 16.4. The predicted octanol–water partition coefficient (Wildman–Crippen LogP) is 1.53. The lowest BCUT2D eigenvalue weighted by Gasteiger charge is -2.22. The second kappa shape index (κ2) is 6.65. The van der Waals surface area contributed by atoms with Crippen LogP contribution in [0.3, 0.4) is 0 Å². The third-order valence-corrected chi connectivity index (χ3v) is 3.87. The molecule has 1 aromatic heterocycles. The van der Waals surface area contributed by atoms with Crippen molar-refractivity contribution < 1.29 is 9.90 Å². The van der Waals surface area contributed by atoms with E-state index >= 15 is 0 Å². The molecule has 0 aromatic carbocycles. The molecule has 1 aliphatic carbocycles. The Morgan fingerprint density at radius 2 is 2.26 bits per heavy atom. The van der Waals surface area contributed by atoms with Crippen molar-refractivity contribution in [3.63, 3.8) is 0 Å². The first-order valence-corrected chi connectivity index (χ1v) is 7.03. The number of nitrogens with zero attached hydrogens (tertiary/aromatic N) is 3. The van der Waals surface area contributed by atoms with E-state index in [1.807, 2.05) is 0 Å². The molecule has 0 aliphatic heterocycles. The van der Waals surface area contributed by atoms with Crippen LogP contribution in [0.2, 0.25) is 0 Å². The normalized spacial score (nSPS) is 24.1. The van der Waals surface area contributed by atoms with Gasteiger partial charge in [-0.2, -0.15) is 0 Å². The van der Waals surface area contributed by atoms with E-state index < -0.39 is 5.97 Å². The fourth-order valence-corrected chi connectivity index (χ4v) is 2.67. The summed E-state index contributed by atoms with van der Waals surface area (Å²) in [7, 11) is 0. The largest absolute Gasteiger partial charge is 0.476 e. The first-order valence-electron chi connectivity index (χ1n) is 7.03. The Hall–Kier alpha value is -1.43. The van der Waals surface area contributed by atoms with Crippen molar-refractivity contribution in [1.82, 2.24) is 20.3 Å². The standard InChI is InChI=1S/C13H22N4O2/c1-10-5-3-2-4-6-11(10)14-7-8-17-9-12(13(18)19)15-16-17/h9-11,14H,2-8H2,1H3,(H,18,19). The lowest BCUT2D eigenvalue weighted by atomic mass is 9.97. The van der Waals surface area contributed by atoms with Crippen molar-refractivity contribution in [2.75, 3.05) is 6.54 Å². The van der Waals surface area contributed by atoms with Crippen LogP contribution >= 0.6 is 0 Å². The first kappa shape index (κ1) is 14.0. The van der Waals surface area contributed by atoms with Gasteiger partial charge in [0, 0.05) is 12.6 Å². The van der Waals surface area contributed by atoms with Crippen LogP contribution in [0.4, 0.5) is 0 Å². The molecule has 1 aliphatic rings. The maximum Gasteiger partial charge on any atom is 0.358 e. The molecule has 1 fully saturated rings. The highest BCUT2D eigenvalue weighted by Crippen LogP contribution is 2.22. The maximum absolute atomic E-state index is 10.7. The predicted molar refractivity (Wildman–Crippen MR) is 71.0 cm³/mol. The molecule has 1 aromatic rings. The van der Waals surface area contributed by atoms with E-state index in [9.17, 15) is 4.79 Å². The Morgan fingerprint density at radius 3 is 3.00 bits per heavy atom. The molecule has 2 atom stereocenters. The number of nitrogens with one attached hydrogen (secondary N) is 1. The summed E-state index contributed by atoms with van der Waals surface area (Å²) in [6, 6.07) is 0.574. The fraction of sp³-hybridized carbons (Fsp3) is 0.769. The van der Waals surface area contributed by atoms with Crippen LogP contribution in [0.5, 0.6) is 0 Å². The lowest BCUT2D eigenvalue weighted by Crippen LogP contribution is -2.36. The Bertz CT molecular complexity index is 419. The number of hydrogen-bond acceptors (Lipinski definition) is 4. The number of carbonyl (C=O) groups is 1. The van der Waals surface area contributed by atoms with Crippen molar-refractivity contribution >= 4 is 5.97 Å². The van der Waals surface area contributed by atoms with Crippen LogP contribution in [-0.2, 0) is 6.54 Å². The second-order valence-electron chi connectivity index (χ2n) is 5.35. The second-order valence-corrected chi connectivity index (χ2v) is 5.35. The molecule has 1 heterocycles. The van der Waals surface area contributed by atoms with Crippen molar-refractivity contribution in [1.29, 1.82) is 0 Å². The zero-order valence-electron chi connectivity index (χ0n) is 11.4. The van der Waals surface area contributed by atoms with Crippen molar-refractivity contribution in [3.8, 4) is 0 Å². The minimum Gasteiger partial charge on any atom is -0.476 e. The molecule has 2 rings (SSSR count). The van der Waals surface area contributed by atoms with Crippen LogP contribution in [0.15, 0.2) is 6.20 Å². The number of carboxylic acid groups (broad SMARTS) is 1. The monoisotopic (exact) mass is 266 g/mol. The molecule has 0 amide bonds. The number of carboxylic acids is 1. The summed E-state index contributed by atoms with van der Waals surface area (Å²) >= 11 is 0. The molecule has 106 valence electrons. The smallest absolute Gasteiger partial charge is 0.358 e. The van der Waals surface area contributed by atoms with E-state index in [1.165, 1.54) is 38.3 Å². The summed E-state index contributed by atoms with van der Waals surface area (Å²) in [4.78, 5) is 10.7. The van der Waals surface area contributed by atoms with Gasteiger partial charge in [-0.25, -0.2) is 4.79 Å². The molecule has 0 saturated heterocycles. The van der Waals surface area contributed by atoms with Gasteiger partial charge in [0.2, 0.25) is 0 Å². The minimum absolute atomic E-state index is 0.00262. The lowest BCUT2D eigenvalue weighted by molar-refractivity contribution is 0.0690. The van der Waals surface area contributed by atoms with Crippen LogP contribution < -0.4 is 5.32 Å². The topological polar surface area (TPSA) is 80.0 Å². The molecule has 2 N–H and O–H groups in total. The zero-order chi connectivity index (χ0) is 13.7. The Kier molecular flexibility index (Phi) is 4.90. The Balaban J connectivity index is 1.77. The van der Waals surface area contributed by atoms with Gasteiger partial charge in [-0.15, -0.1) is 5.10 Å². The summed E-state index contributed by atoms with van der Waals surface area (Å²) in [5, 5.41) is 19.7. The average molecular weight is 266 g/mol. The third kappa shape index (κ3) is 4.02. The summed E-state index contributed by atoms with van der Waals surface area (Å²) in [6.45, 7) is 3.77. The van der Waals surface area contributed by atoms with E-state index in [-0.39, 0.29) is 5.69 Å². The molecule has 6 nitrogen and oxygen atoms in total. The van der Waals surface area contributed by atoms with Crippen LogP contribution in [0, 0.1) is 5.92 Å². The van der Waals surface area contributed by atoms with Gasteiger partial charge in [0.15, 0.2) is 5.69 Å².